The van der Waals surface area contributed by atoms with Crippen molar-refractivity contribution in [2.45, 2.75) is 19.4 Å². The molecule has 1 aromatic heterocycles. The van der Waals surface area contributed by atoms with Crippen LogP contribution in [0, 0.1) is 6.92 Å². The molecule has 1 unspecified atom stereocenters. The summed E-state index contributed by atoms with van der Waals surface area (Å²) in [5, 5.41) is 12.0. The third-order valence-electron chi connectivity index (χ3n) is 2.06. The normalized spacial score (nSPS) is 12.4. The van der Waals surface area contributed by atoms with E-state index in [-0.39, 0.29) is 12.6 Å². The van der Waals surface area contributed by atoms with Crippen LogP contribution < -0.4 is 11.1 Å². The van der Waals surface area contributed by atoms with Gasteiger partial charge in [0.2, 0.25) is 0 Å². The minimum Gasteiger partial charge on any atom is -0.396 e. The molecule has 0 spiro atoms. The largest absolute Gasteiger partial charge is 0.396 e. The number of anilines is 2. The number of methoxy groups -OCH3 is 1. The molecule has 16 heavy (non-hydrogen) atoms. The predicted molar refractivity (Wildman–Crippen MR) is 62.2 cm³/mol. The SMILES string of the molecule is COCC(CCO)Nc1cc(N)nc(C)n1. The van der Waals surface area contributed by atoms with Crippen LogP contribution in [0.25, 0.3) is 0 Å². The van der Waals surface area contributed by atoms with Crippen molar-refractivity contribution in [2.24, 2.45) is 0 Å². The first-order valence-electron chi connectivity index (χ1n) is 5.13. The van der Waals surface area contributed by atoms with Crippen LogP contribution in [-0.2, 0) is 4.74 Å². The molecule has 6 nitrogen and oxygen atoms in total. The van der Waals surface area contributed by atoms with Crippen molar-refractivity contribution in [3.05, 3.63) is 11.9 Å². The molecule has 90 valence electrons. The van der Waals surface area contributed by atoms with Crippen molar-refractivity contribution in [2.75, 3.05) is 31.4 Å². The lowest BCUT2D eigenvalue weighted by molar-refractivity contribution is 0.170. The Bertz CT molecular complexity index is 306. The fraction of sp³-hybridized carbons (Fsp3) is 0.600. The van der Waals surface area contributed by atoms with Gasteiger partial charge in [0.05, 0.1) is 12.6 Å². The standard InChI is InChI=1S/C10H18N4O2/c1-7-12-9(11)5-10(13-7)14-8(3-4-15)6-16-2/h5,8,15H,3-4,6H2,1-2H3,(H3,11,12,13,14). The van der Waals surface area contributed by atoms with Gasteiger partial charge in [-0.1, -0.05) is 0 Å². The number of nitrogens with zero attached hydrogens (tertiary/aromatic N) is 2. The van der Waals surface area contributed by atoms with Gasteiger partial charge in [0.25, 0.3) is 0 Å². The average Bonchev–Trinajstić information content (AvgIpc) is 2.16. The van der Waals surface area contributed by atoms with Crippen LogP contribution >= 0.6 is 0 Å². The average molecular weight is 226 g/mol. The molecule has 1 rings (SSSR count). The van der Waals surface area contributed by atoms with Gasteiger partial charge in [-0.15, -0.1) is 0 Å². The first-order chi connectivity index (χ1) is 7.65. The van der Waals surface area contributed by atoms with E-state index in [9.17, 15) is 0 Å². The van der Waals surface area contributed by atoms with E-state index in [2.05, 4.69) is 15.3 Å². The molecule has 0 fully saturated rings. The van der Waals surface area contributed by atoms with Crippen LogP contribution in [0.4, 0.5) is 11.6 Å². The molecule has 0 aromatic carbocycles. The zero-order chi connectivity index (χ0) is 12.0. The highest BCUT2D eigenvalue weighted by atomic mass is 16.5. The molecule has 6 heteroatoms. The molecule has 0 aliphatic rings. The number of hydrogen-bond donors (Lipinski definition) is 3. The van der Waals surface area contributed by atoms with Crippen LogP contribution in [-0.4, -0.2) is 41.4 Å². The van der Waals surface area contributed by atoms with E-state index in [1.54, 1.807) is 20.1 Å². The number of aryl methyl sites for hydroxylation is 1. The van der Waals surface area contributed by atoms with Crippen LogP contribution in [0.5, 0.6) is 0 Å². The number of nitrogens with one attached hydrogen (secondary N) is 1. The zero-order valence-corrected chi connectivity index (χ0v) is 9.60. The van der Waals surface area contributed by atoms with Gasteiger partial charge in [-0.3, -0.25) is 0 Å². The molecular formula is C10H18N4O2. The Morgan fingerprint density at radius 2 is 2.31 bits per heavy atom. The number of nitrogens with two attached hydrogens (primary N) is 1. The van der Waals surface area contributed by atoms with Crippen LogP contribution in [0.15, 0.2) is 6.07 Å². The van der Waals surface area contributed by atoms with E-state index in [4.69, 9.17) is 15.6 Å². The Hall–Kier alpha value is -1.40. The molecule has 0 aliphatic carbocycles. The van der Waals surface area contributed by atoms with Gasteiger partial charge in [0.1, 0.15) is 17.5 Å². The molecule has 1 heterocycles. The summed E-state index contributed by atoms with van der Waals surface area (Å²) in [6.45, 7) is 2.38. The summed E-state index contributed by atoms with van der Waals surface area (Å²) in [5.41, 5.74) is 5.61. The maximum Gasteiger partial charge on any atom is 0.132 e. The molecule has 1 aromatic rings. The first kappa shape index (κ1) is 12.7. The van der Waals surface area contributed by atoms with Crippen LogP contribution in [0.2, 0.25) is 0 Å². The zero-order valence-electron chi connectivity index (χ0n) is 9.60. The lowest BCUT2D eigenvalue weighted by Gasteiger charge is -2.17. The van der Waals surface area contributed by atoms with Crippen molar-refractivity contribution in [1.29, 1.82) is 0 Å². The summed E-state index contributed by atoms with van der Waals surface area (Å²) in [6, 6.07) is 1.68. The minimum atomic E-state index is 0.0173. The number of aliphatic hydroxyl groups excluding tert-OH is 1. The lowest BCUT2D eigenvalue weighted by Crippen LogP contribution is -2.26. The number of ether oxygens (including phenoxy) is 1. The smallest absolute Gasteiger partial charge is 0.132 e. The molecule has 4 N–H and O–H groups in total. The molecule has 0 saturated heterocycles. The Balaban J connectivity index is 2.68. The van der Waals surface area contributed by atoms with E-state index in [1.807, 2.05) is 0 Å². The molecule has 0 radical (unpaired) electrons. The van der Waals surface area contributed by atoms with Gasteiger partial charge in [-0.25, -0.2) is 9.97 Å². The van der Waals surface area contributed by atoms with Gasteiger partial charge in [0.15, 0.2) is 0 Å². The van der Waals surface area contributed by atoms with E-state index in [1.165, 1.54) is 0 Å². The Labute approximate surface area is 94.9 Å². The van der Waals surface area contributed by atoms with Crippen molar-refractivity contribution in [3.63, 3.8) is 0 Å². The third kappa shape index (κ3) is 4.00. The number of aromatic nitrogens is 2. The highest BCUT2D eigenvalue weighted by Gasteiger charge is 2.09. The van der Waals surface area contributed by atoms with Crippen LogP contribution in [0.1, 0.15) is 12.2 Å². The monoisotopic (exact) mass is 226 g/mol. The second-order valence-electron chi connectivity index (χ2n) is 3.53. The Morgan fingerprint density at radius 3 is 2.88 bits per heavy atom. The summed E-state index contributed by atoms with van der Waals surface area (Å²) in [7, 11) is 1.62. The van der Waals surface area contributed by atoms with E-state index >= 15 is 0 Å². The fourth-order valence-corrected chi connectivity index (χ4v) is 1.43. The number of rotatable bonds is 6. The highest BCUT2D eigenvalue weighted by Crippen LogP contribution is 2.10. The second kappa shape index (κ2) is 6.24. The molecule has 1 atom stereocenters. The molecule has 0 bridgehead atoms. The summed E-state index contributed by atoms with van der Waals surface area (Å²) in [5.74, 6) is 1.69. The maximum absolute atomic E-state index is 8.90. The second-order valence-corrected chi connectivity index (χ2v) is 3.53. The van der Waals surface area contributed by atoms with Crippen molar-refractivity contribution < 1.29 is 9.84 Å². The van der Waals surface area contributed by atoms with E-state index < -0.39 is 0 Å². The van der Waals surface area contributed by atoms with Gasteiger partial charge >= 0.3 is 0 Å². The number of hydrogen-bond acceptors (Lipinski definition) is 6. The van der Waals surface area contributed by atoms with Gasteiger partial charge in [-0.05, 0) is 13.3 Å². The molecule has 0 amide bonds. The Morgan fingerprint density at radius 1 is 1.56 bits per heavy atom. The highest BCUT2D eigenvalue weighted by molar-refractivity contribution is 5.45. The predicted octanol–water partition coefficient (Wildman–Crippen LogP) is 0.177. The molecule has 0 saturated carbocycles. The molecule has 0 aliphatic heterocycles. The van der Waals surface area contributed by atoms with Crippen molar-refractivity contribution in [1.82, 2.24) is 9.97 Å². The van der Waals surface area contributed by atoms with Gasteiger partial charge in [-0.2, -0.15) is 0 Å². The third-order valence-corrected chi connectivity index (χ3v) is 2.06. The van der Waals surface area contributed by atoms with Crippen molar-refractivity contribution >= 4 is 11.6 Å². The topological polar surface area (TPSA) is 93.3 Å². The minimum absolute atomic E-state index is 0.0173. The summed E-state index contributed by atoms with van der Waals surface area (Å²) < 4.78 is 5.04. The van der Waals surface area contributed by atoms with Gasteiger partial charge < -0.3 is 20.9 Å². The fourth-order valence-electron chi connectivity index (χ4n) is 1.43. The quantitative estimate of drug-likeness (QED) is 0.640. The number of aliphatic hydroxyl groups is 1. The van der Waals surface area contributed by atoms with E-state index in [0.717, 1.165) is 0 Å². The van der Waals surface area contributed by atoms with Gasteiger partial charge in [0, 0.05) is 19.8 Å². The van der Waals surface area contributed by atoms with Crippen LogP contribution in [0.3, 0.4) is 0 Å². The Kier molecular flexibility index (Phi) is 4.94. The molecular weight excluding hydrogens is 208 g/mol. The lowest BCUT2D eigenvalue weighted by atomic mass is 10.2. The number of nitrogen functional groups attached to an aromatic ring is 1. The summed E-state index contributed by atoms with van der Waals surface area (Å²) in [4.78, 5) is 8.18. The summed E-state index contributed by atoms with van der Waals surface area (Å²) >= 11 is 0. The maximum atomic E-state index is 8.90. The van der Waals surface area contributed by atoms with E-state index in [0.29, 0.717) is 30.5 Å². The first-order valence-corrected chi connectivity index (χ1v) is 5.13. The van der Waals surface area contributed by atoms with Crippen molar-refractivity contribution in [3.8, 4) is 0 Å². The summed E-state index contributed by atoms with van der Waals surface area (Å²) in [6.07, 6.45) is 0.594.